The third-order valence-corrected chi connectivity index (χ3v) is 3.58. The summed E-state index contributed by atoms with van der Waals surface area (Å²) in [5, 5.41) is 0.993. The maximum absolute atomic E-state index is 11.9. The highest BCUT2D eigenvalue weighted by atomic mass is 32.2. The molecule has 5 nitrogen and oxygen atoms in total. The lowest BCUT2D eigenvalue weighted by molar-refractivity contribution is 0.0982. The molecule has 2 aromatic heterocycles. The van der Waals surface area contributed by atoms with E-state index in [0.29, 0.717) is 5.56 Å². The van der Waals surface area contributed by atoms with Gasteiger partial charge in [-0.3, -0.25) is 4.79 Å². The number of nitrogens with one attached hydrogen (secondary N) is 1. The molecule has 0 aliphatic heterocycles. The lowest BCUT2D eigenvalue weighted by atomic mass is 10.1. The van der Waals surface area contributed by atoms with E-state index in [9.17, 15) is 13.2 Å². The average Bonchev–Trinajstić information content (AvgIpc) is 2.74. The van der Waals surface area contributed by atoms with E-state index in [0.717, 1.165) is 22.7 Å². The molecule has 0 spiro atoms. The molecule has 0 fully saturated rings. The summed E-state index contributed by atoms with van der Waals surface area (Å²) < 4.78 is 26.1. The van der Waals surface area contributed by atoms with Crippen molar-refractivity contribution in [3.63, 3.8) is 0 Å². The second-order valence-electron chi connectivity index (χ2n) is 4.62. The van der Waals surface area contributed by atoms with Crippen LogP contribution in [0, 0.1) is 0 Å². The number of amides is 1. The Kier molecular flexibility index (Phi) is 2.76. The molecule has 1 N–H and O–H groups in total. The van der Waals surface area contributed by atoms with Crippen molar-refractivity contribution >= 4 is 32.4 Å². The Labute approximate surface area is 115 Å². The third-order valence-electron chi connectivity index (χ3n) is 3.03. The monoisotopic (exact) mass is 288 g/mol. The summed E-state index contributed by atoms with van der Waals surface area (Å²) >= 11 is 0. The number of rotatable bonds is 2. The highest BCUT2D eigenvalue weighted by Gasteiger charge is 2.12. The summed E-state index contributed by atoms with van der Waals surface area (Å²) in [4.78, 5) is 11.9. The van der Waals surface area contributed by atoms with Crippen molar-refractivity contribution in [2.24, 2.45) is 0 Å². The number of sulfonamides is 1. The molecule has 0 aliphatic rings. The zero-order valence-corrected chi connectivity index (χ0v) is 11.5. The van der Waals surface area contributed by atoms with E-state index in [4.69, 9.17) is 0 Å². The van der Waals surface area contributed by atoms with E-state index in [1.807, 2.05) is 39.6 Å². The van der Waals surface area contributed by atoms with Crippen molar-refractivity contribution in [3.8, 4) is 0 Å². The van der Waals surface area contributed by atoms with Crippen LogP contribution in [0.15, 0.2) is 48.7 Å². The molecule has 0 saturated carbocycles. The van der Waals surface area contributed by atoms with Crippen LogP contribution in [0.2, 0.25) is 0 Å². The van der Waals surface area contributed by atoms with E-state index in [2.05, 4.69) is 0 Å². The van der Waals surface area contributed by atoms with Crippen LogP contribution in [-0.4, -0.2) is 25.0 Å². The molecule has 0 bridgehead atoms. The van der Waals surface area contributed by atoms with Gasteiger partial charge in [-0.1, -0.05) is 12.1 Å². The number of carbonyl (C=O) groups is 1. The van der Waals surface area contributed by atoms with Gasteiger partial charge in [0, 0.05) is 22.7 Å². The van der Waals surface area contributed by atoms with Gasteiger partial charge >= 0.3 is 0 Å². The fourth-order valence-electron chi connectivity index (χ4n) is 2.20. The van der Waals surface area contributed by atoms with E-state index < -0.39 is 15.9 Å². The Balaban J connectivity index is 2.14. The normalized spacial score (nSPS) is 11.8. The van der Waals surface area contributed by atoms with Crippen molar-refractivity contribution in [3.05, 3.63) is 54.2 Å². The van der Waals surface area contributed by atoms with Gasteiger partial charge in [0.15, 0.2) is 0 Å². The molecule has 102 valence electrons. The van der Waals surface area contributed by atoms with Crippen molar-refractivity contribution in [2.45, 2.75) is 0 Å². The molecule has 1 amide bonds. The summed E-state index contributed by atoms with van der Waals surface area (Å²) in [6, 6.07) is 12.9. The van der Waals surface area contributed by atoms with Crippen LogP contribution in [0.5, 0.6) is 0 Å². The Morgan fingerprint density at radius 2 is 1.95 bits per heavy atom. The van der Waals surface area contributed by atoms with Crippen LogP contribution in [0.3, 0.4) is 0 Å². The minimum atomic E-state index is -3.56. The number of hydrogen-bond donors (Lipinski definition) is 1. The standard InChI is InChI=1S/C14H12N2O3S/c1-20(18,19)15-14(17)11-6-5-10-8-12-4-2-3-7-16(12)13(10)9-11/h2-9H,1H3,(H,15,17). The number of fused-ring (bicyclic) bond motifs is 3. The molecule has 0 unspecified atom stereocenters. The maximum atomic E-state index is 11.9. The van der Waals surface area contributed by atoms with Crippen LogP contribution in [0.1, 0.15) is 10.4 Å². The number of pyridine rings is 1. The largest absolute Gasteiger partial charge is 0.317 e. The molecule has 0 atom stereocenters. The average molecular weight is 288 g/mol. The van der Waals surface area contributed by atoms with Gasteiger partial charge in [0.2, 0.25) is 10.0 Å². The SMILES string of the molecule is CS(=O)(=O)NC(=O)c1ccc2cc3ccccn3c2c1. The molecule has 0 aliphatic carbocycles. The first-order valence-electron chi connectivity index (χ1n) is 5.96. The molecule has 1 aromatic carbocycles. The van der Waals surface area contributed by atoms with Gasteiger partial charge in [0.05, 0.1) is 11.8 Å². The first-order valence-corrected chi connectivity index (χ1v) is 7.85. The summed E-state index contributed by atoms with van der Waals surface area (Å²) in [5.41, 5.74) is 2.19. The first-order chi connectivity index (χ1) is 9.44. The van der Waals surface area contributed by atoms with E-state index >= 15 is 0 Å². The Hall–Kier alpha value is -2.34. The van der Waals surface area contributed by atoms with Gasteiger partial charge in [0.1, 0.15) is 0 Å². The highest BCUT2D eigenvalue weighted by Crippen LogP contribution is 2.21. The Morgan fingerprint density at radius 3 is 2.70 bits per heavy atom. The molecule has 2 heterocycles. The van der Waals surface area contributed by atoms with Crippen LogP contribution in [0.25, 0.3) is 16.4 Å². The lowest BCUT2D eigenvalue weighted by Gasteiger charge is -2.03. The van der Waals surface area contributed by atoms with Crippen LogP contribution < -0.4 is 4.72 Å². The van der Waals surface area contributed by atoms with Crippen molar-refractivity contribution in [2.75, 3.05) is 6.26 Å². The Morgan fingerprint density at radius 1 is 1.15 bits per heavy atom. The van der Waals surface area contributed by atoms with Gasteiger partial charge < -0.3 is 4.40 Å². The van der Waals surface area contributed by atoms with Crippen LogP contribution >= 0.6 is 0 Å². The molecule has 3 aromatic rings. The highest BCUT2D eigenvalue weighted by molar-refractivity contribution is 7.89. The molecule has 0 saturated heterocycles. The molecule has 20 heavy (non-hydrogen) atoms. The van der Waals surface area contributed by atoms with E-state index in [1.165, 1.54) is 0 Å². The van der Waals surface area contributed by atoms with Gasteiger partial charge in [0.25, 0.3) is 5.91 Å². The number of hydrogen-bond acceptors (Lipinski definition) is 3. The number of nitrogens with zero attached hydrogens (tertiary/aromatic N) is 1. The van der Waals surface area contributed by atoms with Crippen LogP contribution in [0.4, 0.5) is 0 Å². The quantitative estimate of drug-likeness (QED) is 0.781. The number of benzene rings is 1. The second-order valence-corrected chi connectivity index (χ2v) is 6.37. The molecular weight excluding hydrogens is 276 g/mol. The molecule has 3 rings (SSSR count). The third kappa shape index (κ3) is 2.25. The summed E-state index contributed by atoms with van der Waals surface area (Å²) in [5.74, 6) is -0.625. The molecule has 0 radical (unpaired) electrons. The van der Waals surface area contributed by atoms with E-state index in [-0.39, 0.29) is 0 Å². The van der Waals surface area contributed by atoms with Gasteiger partial charge in [-0.25, -0.2) is 13.1 Å². The lowest BCUT2D eigenvalue weighted by Crippen LogP contribution is -2.29. The fourth-order valence-corrected chi connectivity index (χ4v) is 2.65. The van der Waals surface area contributed by atoms with Gasteiger partial charge in [-0.15, -0.1) is 0 Å². The topological polar surface area (TPSA) is 67.7 Å². The van der Waals surface area contributed by atoms with Crippen LogP contribution in [-0.2, 0) is 10.0 Å². The predicted octanol–water partition coefficient (Wildman–Crippen LogP) is 1.78. The van der Waals surface area contributed by atoms with E-state index in [1.54, 1.807) is 18.2 Å². The minimum Gasteiger partial charge on any atom is -0.317 e. The molecule has 6 heteroatoms. The van der Waals surface area contributed by atoms with Gasteiger partial charge in [-0.2, -0.15) is 0 Å². The first kappa shape index (κ1) is 12.7. The summed E-state index contributed by atoms with van der Waals surface area (Å²) in [6.07, 6.45) is 2.85. The molecular formula is C14H12N2O3S. The Bertz CT molecular complexity index is 926. The zero-order chi connectivity index (χ0) is 14.3. The minimum absolute atomic E-state index is 0.312. The van der Waals surface area contributed by atoms with Crippen molar-refractivity contribution in [1.29, 1.82) is 0 Å². The number of carbonyl (C=O) groups excluding carboxylic acids is 1. The predicted molar refractivity (Wildman–Crippen MR) is 77.2 cm³/mol. The second kappa shape index (κ2) is 4.35. The number of aromatic nitrogens is 1. The maximum Gasteiger partial charge on any atom is 0.264 e. The van der Waals surface area contributed by atoms with Crippen molar-refractivity contribution in [1.82, 2.24) is 9.12 Å². The van der Waals surface area contributed by atoms with Gasteiger partial charge in [-0.05, 0) is 30.3 Å². The summed E-state index contributed by atoms with van der Waals surface area (Å²) in [6.45, 7) is 0. The smallest absolute Gasteiger partial charge is 0.264 e. The fraction of sp³-hybridized carbons (Fsp3) is 0.0714. The summed E-state index contributed by atoms with van der Waals surface area (Å²) in [7, 11) is -3.56. The van der Waals surface area contributed by atoms with Crippen molar-refractivity contribution < 1.29 is 13.2 Å². The zero-order valence-electron chi connectivity index (χ0n) is 10.7.